The molecular formula is C17H24ClFN2O2. The molecule has 2 rings (SSSR count). The molecule has 1 heterocycles. The first-order valence-electron chi connectivity index (χ1n) is 8.03. The summed E-state index contributed by atoms with van der Waals surface area (Å²) < 4.78 is 14.2. The van der Waals surface area contributed by atoms with Crippen LogP contribution < -0.4 is 5.32 Å². The van der Waals surface area contributed by atoms with Gasteiger partial charge in [0.25, 0.3) is 0 Å². The number of aliphatic hydroxyl groups excluding tert-OH is 1. The van der Waals surface area contributed by atoms with Crippen molar-refractivity contribution in [2.24, 2.45) is 11.8 Å². The summed E-state index contributed by atoms with van der Waals surface area (Å²) in [6.07, 6.45) is 1.81. The highest BCUT2D eigenvalue weighted by atomic mass is 35.5. The zero-order chi connectivity index (χ0) is 17.0. The molecule has 1 fully saturated rings. The summed E-state index contributed by atoms with van der Waals surface area (Å²) in [6, 6.07) is 3.88. The molecule has 1 aromatic carbocycles. The van der Waals surface area contributed by atoms with Crippen molar-refractivity contribution in [1.29, 1.82) is 0 Å². The number of carbonyl (C=O) groups excluding carboxylic acids is 1. The van der Waals surface area contributed by atoms with Gasteiger partial charge in [0.1, 0.15) is 5.82 Å². The maximum absolute atomic E-state index is 14.2. The molecule has 2 N–H and O–H groups in total. The van der Waals surface area contributed by atoms with E-state index in [1.807, 2.05) is 13.8 Å². The molecule has 2 amide bonds. The quantitative estimate of drug-likeness (QED) is 0.878. The van der Waals surface area contributed by atoms with Gasteiger partial charge in [-0.2, -0.15) is 0 Å². The first-order valence-corrected chi connectivity index (χ1v) is 8.41. The first kappa shape index (κ1) is 18.0. The van der Waals surface area contributed by atoms with Gasteiger partial charge < -0.3 is 15.3 Å². The third-order valence-electron chi connectivity index (χ3n) is 4.31. The fraction of sp³-hybridized carbons (Fsp3) is 0.588. The molecule has 0 unspecified atom stereocenters. The van der Waals surface area contributed by atoms with Crippen LogP contribution in [0.1, 0.15) is 38.3 Å². The Morgan fingerprint density at radius 3 is 2.87 bits per heavy atom. The Balaban J connectivity index is 2.11. The third kappa shape index (κ3) is 4.58. The molecule has 0 bridgehead atoms. The number of hydrogen-bond donors (Lipinski definition) is 2. The number of nitrogens with one attached hydrogen (secondary N) is 1. The van der Waals surface area contributed by atoms with E-state index in [0.717, 1.165) is 12.8 Å². The summed E-state index contributed by atoms with van der Waals surface area (Å²) in [6.45, 7) is 5.16. The van der Waals surface area contributed by atoms with Crippen molar-refractivity contribution in [2.45, 2.75) is 32.7 Å². The van der Waals surface area contributed by atoms with E-state index in [0.29, 0.717) is 23.7 Å². The van der Waals surface area contributed by atoms with Gasteiger partial charge in [0.05, 0.1) is 6.04 Å². The third-order valence-corrected chi connectivity index (χ3v) is 4.54. The van der Waals surface area contributed by atoms with Gasteiger partial charge in [0.15, 0.2) is 0 Å². The monoisotopic (exact) mass is 342 g/mol. The SMILES string of the molecule is CC(C)[C@@H](NC(=O)N1CCC[C@H](CO)C1)c1ccc(Cl)cc1F. The van der Waals surface area contributed by atoms with E-state index in [1.54, 1.807) is 17.0 Å². The Kier molecular flexibility index (Phi) is 6.25. The second-order valence-corrected chi connectivity index (χ2v) is 6.91. The van der Waals surface area contributed by atoms with E-state index >= 15 is 0 Å². The number of piperidine rings is 1. The zero-order valence-electron chi connectivity index (χ0n) is 13.6. The van der Waals surface area contributed by atoms with Gasteiger partial charge >= 0.3 is 6.03 Å². The van der Waals surface area contributed by atoms with E-state index in [1.165, 1.54) is 6.07 Å². The van der Waals surface area contributed by atoms with Crippen molar-refractivity contribution in [2.75, 3.05) is 19.7 Å². The Labute approximate surface area is 141 Å². The number of urea groups is 1. The van der Waals surface area contributed by atoms with E-state index in [4.69, 9.17) is 11.6 Å². The smallest absolute Gasteiger partial charge is 0.317 e. The van der Waals surface area contributed by atoms with E-state index in [-0.39, 0.29) is 24.5 Å². The maximum Gasteiger partial charge on any atom is 0.317 e. The van der Waals surface area contributed by atoms with Crippen molar-refractivity contribution < 1.29 is 14.3 Å². The predicted octanol–water partition coefficient (Wildman–Crippen LogP) is 3.59. The standard InChI is InChI=1S/C17H24ClFN2O2/c1-11(2)16(14-6-5-13(18)8-15(14)19)20-17(23)21-7-3-4-12(9-21)10-22/h5-6,8,11-12,16,22H,3-4,7,9-10H2,1-2H3,(H,20,23)/t12-,16+/m0/s1. The molecular weight excluding hydrogens is 319 g/mol. The normalized spacial score (nSPS) is 19.7. The van der Waals surface area contributed by atoms with Gasteiger partial charge in [0, 0.05) is 30.3 Å². The number of aliphatic hydroxyl groups is 1. The largest absolute Gasteiger partial charge is 0.396 e. The van der Waals surface area contributed by atoms with Crippen molar-refractivity contribution in [3.8, 4) is 0 Å². The van der Waals surface area contributed by atoms with Crippen LogP contribution in [0.3, 0.4) is 0 Å². The predicted molar refractivity (Wildman–Crippen MR) is 88.9 cm³/mol. The van der Waals surface area contributed by atoms with Crippen molar-refractivity contribution in [3.05, 3.63) is 34.6 Å². The highest BCUT2D eigenvalue weighted by Gasteiger charge is 2.27. The average Bonchev–Trinajstić information content (AvgIpc) is 2.53. The molecule has 1 saturated heterocycles. The molecule has 2 atom stereocenters. The highest BCUT2D eigenvalue weighted by Crippen LogP contribution is 2.27. The van der Waals surface area contributed by atoms with Gasteiger partial charge in [-0.1, -0.05) is 31.5 Å². The number of nitrogens with zero attached hydrogens (tertiary/aromatic N) is 1. The molecule has 23 heavy (non-hydrogen) atoms. The average molecular weight is 343 g/mol. The van der Waals surface area contributed by atoms with Crippen molar-refractivity contribution in [3.63, 3.8) is 0 Å². The summed E-state index contributed by atoms with van der Waals surface area (Å²) in [7, 11) is 0. The van der Waals surface area contributed by atoms with Crippen LogP contribution in [0.15, 0.2) is 18.2 Å². The molecule has 0 aromatic heterocycles. The van der Waals surface area contributed by atoms with Crippen LogP contribution in [0.25, 0.3) is 0 Å². The van der Waals surface area contributed by atoms with Gasteiger partial charge in [-0.05, 0) is 36.8 Å². The number of amides is 2. The maximum atomic E-state index is 14.2. The van der Waals surface area contributed by atoms with Gasteiger partial charge in [-0.3, -0.25) is 0 Å². The molecule has 0 saturated carbocycles. The van der Waals surface area contributed by atoms with Gasteiger partial charge in [-0.25, -0.2) is 9.18 Å². The number of rotatable bonds is 4. The van der Waals surface area contributed by atoms with Crippen molar-refractivity contribution in [1.82, 2.24) is 10.2 Å². The Hall–Kier alpha value is -1.33. The molecule has 0 aliphatic carbocycles. The molecule has 0 radical (unpaired) electrons. The number of halogens is 2. The summed E-state index contributed by atoms with van der Waals surface area (Å²) in [5.41, 5.74) is 0.438. The second-order valence-electron chi connectivity index (χ2n) is 6.47. The minimum Gasteiger partial charge on any atom is -0.396 e. The highest BCUT2D eigenvalue weighted by molar-refractivity contribution is 6.30. The van der Waals surface area contributed by atoms with E-state index in [2.05, 4.69) is 5.32 Å². The molecule has 1 aliphatic heterocycles. The van der Waals surface area contributed by atoms with Gasteiger partial charge in [0.2, 0.25) is 0 Å². The lowest BCUT2D eigenvalue weighted by Gasteiger charge is -2.34. The Bertz CT molecular complexity index is 553. The molecule has 1 aromatic rings. The Morgan fingerprint density at radius 1 is 1.52 bits per heavy atom. The number of benzene rings is 1. The summed E-state index contributed by atoms with van der Waals surface area (Å²) >= 11 is 5.80. The molecule has 4 nitrogen and oxygen atoms in total. The molecule has 0 spiro atoms. The lowest BCUT2D eigenvalue weighted by atomic mass is 9.95. The van der Waals surface area contributed by atoms with Crippen LogP contribution in [-0.4, -0.2) is 35.7 Å². The van der Waals surface area contributed by atoms with Crippen LogP contribution in [-0.2, 0) is 0 Å². The summed E-state index contributed by atoms with van der Waals surface area (Å²) in [5.74, 6) is -0.254. The topological polar surface area (TPSA) is 52.6 Å². The Morgan fingerprint density at radius 2 is 2.26 bits per heavy atom. The minimum absolute atomic E-state index is 0.0352. The van der Waals surface area contributed by atoms with E-state index in [9.17, 15) is 14.3 Å². The van der Waals surface area contributed by atoms with E-state index < -0.39 is 11.9 Å². The lowest BCUT2D eigenvalue weighted by molar-refractivity contribution is 0.126. The van der Waals surface area contributed by atoms with Crippen LogP contribution in [0.5, 0.6) is 0 Å². The first-order chi connectivity index (χ1) is 10.9. The van der Waals surface area contributed by atoms with Crippen LogP contribution in [0.2, 0.25) is 5.02 Å². The molecule has 1 aliphatic rings. The lowest BCUT2D eigenvalue weighted by Crippen LogP contribution is -2.48. The molecule has 6 heteroatoms. The number of carbonyl (C=O) groups is 1. The molecule has 128 valence electrons. The summed E-state index contributed by atoms with van der Waals surface area (Å²) in [5, 5.41) is 12.5. The fourth-order valence-corrected chi connectivity index (χ4v) is 3.14. The van der Waals surface area contributed by atoms with Crippen LogP contribution in [0.4, 0.5) is 9.18 Å². The number of likely N-dealkylation sites (tertiary alicyclic amines) is 1. The zero-order valence-corrected chi connectivity index (χ0v) is 14.3. The number of hydrogen-bond acceptors (Lipinski definition) is 2. The van der Waals surface area contributed by atoms with Crippen LogP contribution >= 0.6 is 11.6 Å². The van der Waals surface area contributed by atoms with Crippen molar-refractivity contribution >= 4 is 17.6 Å². The fourth-order valence-electron chi connectivity index (χ4n) is 2.98. The van der Waals surface area contributed by atoms with Crippen LogP contribution in [0, 0.1) is 17.7 Å². The summed E-state index contributed by atoms with van der Waals surface area (Å²) in [4.78, 5) is 14.2. The van der Waals surface area contributed by atoms with Gasteiger partial charge in [-0.15, -0.1) is 0 Å². The minimum atomic E-state index is -0.422. The second kappa shape index (κ2) is 7.97.